The average Bonchev–Trinajstić information content (AvgIpc) is 2.91. The summed E-state index contributed by atoms with van der Waals surface area (Å²) in [5.41, 5.74) is 2.57. The molecule has 3 rings (SSSR count). The number of quaternary nitrogens is 1. The molecule has 0 spiro atoms. The van der Waals surface area contributed by atoms with E-state index < -0.39 is 5.97 Å². The Labute approximate surface area is 230 Å². The maximum Gasteiger partial charge on any atom is 0.345 e. The first kappa shape index (κ1) is 29.2. The van der Waals surface area contributed by atoms with Crippen molar-refractivity contribution in [2.75, 3.05) is 27.2 Å². The number of hydrogen-bond donors (Lipinski definition) is 2. The van der Waals surface area contributed by atoms with E-state index in [-0.39, 0.29) is 5.91 Å². The molecule has 0 fully saturated rings. The van der Waals surface area contributed by atoms with Gasteiger partial charge in [-0.1, -0.05) is 61.5 Å². The number of carbonyl (C=O) groups is 2. The third kappa shape index (κ3) is 10.2. The average molecular weight is 538 g/mol. The van der Waals surface area contributed by atoms with Gasteiger partial charge in [0.2, 0.25) is 5.91 Å². The van der Waals surface area contributed by atoms with Crippen LogP contribution in [0.15, 0.2) is 72.8 Å². The van der Waals surface area contributed by atoms with Gasteiger partial charge in [0, 0.05) is 12.6 Å². The topological polar surface area (TPSA) is 69.1 Å². The molecule has 0 aliphatic heterocycles. The minimum atomic E-state index is -0.488. The summed E-state index contributed by atoms with van der Waals surface area (Å²) < 4.78 is 11.2. The van der Waals surface area contributed by atoms with Crippen LogP contribution in [0.3, 0.4) is 0 Å². The Hall–Kier alpha value is -3.35. The lowest BCUT2D eigenvalue weighted by Crippen LogP contribution is -3.00. The van der Waals surface area contributed by atoms with Gasteiger partial charge in [0.15, 0.2) is 0 Å². The molecule has 0 radical (unpaired) electrons. The van der Waals surface area contributed by atoms with Gasteiger partial charge >= 0.3 is 5.97 Å². The molecule has 0 atom stereocenters. The highest BCUT2D eigenvalue weighted by molar-refractivity contribution is 6.33. The maximum atomic E-state index is 12.2. The molecule has 6 nitrogen and oxygen atoms in total. The van der Waals surface area contributed by atoms with Crippen molar-refractivity contribution in [2.45, 2.75) is 44.9 Å². The number of ether oxygens (including phenoxy) is 2. The van der Waals surface area contributed by atoms with Gasteiger partial charge in [-0.15, -0.1) is 0 Å². The fourth-order valence-electron chi connectivity index (χ4n) is 3.98. The highest BCUT2D eigenvalue weighted by Crippen LogP contribution is 2.21. The Kier molecular flexibility index (Phi) is 12.1. The number of rotatable bonds is 15. The SMILES string of the molecule is C[NH+](C)c1cccc(CC(=O)NCCCCCCCCOc2ccc(OC(=O)c3ccccc3Cl)cc2)c1. The lowest BCUT2D eigenvalue weighted by atomic mass is 10.1. The molecule has 38 heavy (non-hydrogen) atoms. The van der Waals surface area contributed by atoms with E-state index in [1.54, 1.807) is 48.5 Å². The summed E-state index contributed by atoms with van der Waals surface area (Å²) in [7, 11) is 4.16. The fourth-order valence-corrected chi connectivity index (χ4v) is 4.20. The molecule has 7 heteroatoms. The van der Waals surface area contributed by atoms with E-state index in [2.05, 4.69) is 31.5 Å². The van der Waals surface area contributed by atoms with Gasteiger partial charge in [-0.05, 0) is 60.9 Å². The molecular formula is C31H38ClN2O4+. The first-order valence-corrected chi connectivity index (χ1v) is 13.7. The Morgan fingerprint density at radius 1 is 0.816 bits per heavy atom. The Balaban J connectivity index is 1.20. The number of halogens is 1. The second kappa shape index (κ2) is 15.8. The third-order valence-corrected chi connectivity index (χ3v) is 6.49. The van der Waals surface area contributed by atoms with Crippen LogP contribution in [0.5, 0.6) is 11.5 Å². The number of nitrogens with one attached hydrogen (secondary N) is 2. The lowest BCUT2D eigenvalue weighted by Gasteiger charge is -2.09. The zero-order chi connectivity index (χ0) is 27.2. The number of unbranched alkanes of at least 4 members (excludes halogenated alkanes) is 5. The fraction of sp³-hybridized carbons (Fsp3) is 0.355. The van der Waals surface area contributed by atoms with Crippen molar-refractivity contribution in [1.29, 1.82) is 0 Å². The number of amides is 1. The second-order valence-electron chi connectivity index (χ2n) is 9.54. The largest absolute Gasteiger partial charge is 0.494 e. The zero-order valence-electron chi connectivity index (χ0n) is 22.3. The van der Waals surface area contributed by atoms with E-state index in [4.69, 9.17) is 21.1 Å². The summed E-state index contributed by atoms with van der Waals surface area (Å²) in [5.74, 6) is 0.781. The van der Waals surface area contributed by atoms with Crippen LogP contribution < -0.4 is 19.7 Å². The monoisotopic (exact) mass is 537 g/mol. The number of hydrogen-bond acceptors (Lipinski definition) is 4. The number of benzene rings is 3. The van der Waals surface area contributed by atoms with E-state index in [0.29, 0.717) is 29.4 Å². The Bertz CT molecular complexity index is 1160. The molecule has 0 bridgehead atoms. The standard InChI is InChI=1S/C31H37ClN2O4/c1-34(2)25-13-11-12-24(22-25)23-30(35)33-20-9-5-3-4-6-10-21-37-26-16-18-27(19-17-26)38-31(36)28-14-7-8-15-29(28)32/h7-8,11-19,22H,3-6,9-10,20-21,23H2,1-2H3,(H,33,35)/p+1. The number of esters is 1. The van der Waals surface area contributed by atoms with Crippen LogP contribution in [0.1, 0.15) is 54.4 Å². The van der Waals surface area contributed by atoms with Crippen LogP contribution in [0, 0.1) is 0 Å². The van der Waals surface area contributed by atoms with Crippen molar-refractivity contribution in [3.63, 3.8) is 0 Å². The molecule has 0 aliphatic carbocycles. The number of carbonyl (C=O) groups excluding carboxylic acids is 2. The first-order chi connectivity index (χ1) is 18.4. The van der Waals surface area contributed by atoms with Gasteiger partial charge in [0.25, 0.3) is 0 Å². The van der Waals surface area contributed by atoms with E-state index in [1.165, 1.54) is 10.6 Å². The highest BCUT2D eigenvalue weighted by atomic mass is 35.5. The molecule has 202 valence electrons. The van der Waals surface area contributed by atoms with Crippen LogP contribution in [-0.4, -0.2) is 39.1 Å². The first-order valence-electron chi connectivity index (χ1n) is 13.3. The summed E-state index contributed by atoms with van der Waals surface area (Å²) in [6.45, 7) is 1.37. The summed E-state index contributed by atoms with van der Waals surface area (Å²) in [6, 6.07) is 22.0. The molecule has 3 aromatic rings. The zero-order valence-corrected chi connectivity index (χ0v) is 23.1. The van der Waals surface area contributed by atoms with Gasteiger partial charge in [-0.2, -0.15) is 0 Å². The predicted molar refractivity (Wildman–Crippen MR) is 152 cm³/mol. The summed E-state index contributed by atoms with van der Waals surface area (Å²) in [4.78, 5) is 25.7. The molecule has 0 heterocycles. The highest BCUT2D eigenvalue weighted by Gasteiger charge is 2.12. The van der Waals surface area contributed by atoms with Crippen molar-refractivity contribution in [3.05, 3.63) is 88.9 Å². The molecule has 1 amide bonds. The smallest absolute Gasteiger partial charge is 0.345 e. The molecule has 3 aromatic carbocycles. The van der Waals surface area contributed by atoms with Gasteiger partial charge in [-0.3, -0.25) is 4.79 Å². The second-order valence-corrected chi connectivity index (χ2v) is 9.94. The molecule has 0 saturated carbocycles. The van der Waals surface area contributed by atoms with Crippen LogP contribution in [-0.2, 0) is 11.2 Å². The minimum absolute atomic E-state index is 0.0832. The van der Waals surface area contributed by atoms with Gasteiger partial charge in [-0.25, -0.2) is 4.79 Å². The van der Waals surface area contributed by atoms with Crippen molar-refractivity contribution < 1.29 is 24.0 Å². The normalized spacial score (nSPS) is 10.8. The molecule has 0 unspecified atom stereocenters. The maximum absolute atomic E-state index is 12.2. The Morgan fingerprint density at radius 2 is 1.50 bits per heavy atom. The molecule has 0 saturated heterocycles. The summed E-state index contributed by atoms with van der Waals surface area (Å²) in [5, 5.41) is 3.40. The van der Waals surface area contributed by atoms with E-state index >= 15 is 0 Å². The van der Waals surface area contributed by atoms with Crippen molar-refractivity contribution >= 4 is 29.2 Å². The summed E-state index contributed by atoms with van der Waals surface area (Å²) >= 11 is 6.05. The van der Waals surface area contributed by atoms with Crippen molar-refractivity contribution in [1.82, 2.24) is 5.32 Å². The van der Waals surface area contributed by atoms with E-state index in [9.17, 15) is 9.59 Å². The molecule has 2 N–H and O–H groups in total. The van der Waals surface area contributed by atoms with Crippen molar-refractivity contribution in [3.8, 4) is 11.5 Å². The van der Waals surface area contributed by atoms with Gasteiger partial charge < -0.3 is 19.7 Å². The molecular weight excluding hydrogens is 500 g/mol. The lowest BCUT2D eigenvalue weighted by molar-refractivity contribution is -0.786. The van der Waals surface area contributed by atoms with Crippen LogP contribution in [0.4, 0.5) is 5.69 Å². The van der Waals surface area contributed by atoms with Crippen molar-refractivity contribution in [2.24, 2.45) is 0 Å². The molecule has 0 aliphatic rings. The molecule has 0 aromatic heterocycles. The van der Waals surface area contributed by atoms with Crippen LogP contribution in [0.2, 0.25) is 5.02 Å². The van der Waals surface area contributed by atoms with Gasteiger partial charge in [0.1, 0.15) is 17.2 Å². The Morgan fingerprint density at radius 3 is 2.24 bits per heavy atom. The van der Waals surface area contributed by atoms with Crippen LogP contribution >= 0.6 is 11.6 Å². The van der Waals surface area contributed by atoms with Gasteiger partial charge in [0.05, 0.1) is 37.7 Å². The minimum Gasteiger partial charge on any atom is -0.494 e. The quantitative estimate of drug-likeness (QED) is 0.154. The van der Waals surface area contributed by atoms with E-state index in [0.717, 1.165) is 56.4 Å². The van der Waals surface area contributed by atoms with E-state index in [1.807, 2.05) is 12.1 Å². The van der Waals surface area contributed by atoms with Crippen LogP contribution in [0.25, 0.3) is 0 Å². The summed E-state index contributed by atoms with van der Waals surface area (Å²) in [6.07, 6.45) is 6.91. The third-order valence-electron chi connectivity index (χ3n) is 6.16. The predicted octanol–water partition coefficient (Wildman–Crippen LogP) is 5.41.